The third-order valence-corrected chi connectivity index (χ3v) is 3.90. The fourth-order valence-corrected chi connectivity index (χ4v) is 2.55. The molecule has 3 heterocycles. The van der Waals surface area contributed by atoms with Crippen LogP contribution in [0.1, 0.15) is 10.5 Å². The van der Waals surface area contributed by atoms with E-state index in [1.165, 1.54) is 16.2 Å². The normalized spacial score (nSPS) is 15.3. The number of nitrogens with zero attached hydrogens (tertiary/aromatic N) is 2. The van der Waals surface area contributed by atoms with Crippen LogP contribution in [-0.2, 0) is 4.79 Å². The molecule has 0 spiro atoms. The van der Waals surface area contributed by atoms with Crippen LogP contribution >= 0.6 is 11.3 Å². The van der Waals surface area contributed by atoms with Crippen molar-refractivity contribution >= 4 is 23.2 Å². The van der Waals surface area contributed by atoms with Crippen LogP contribution in [0.4, 0.5) is 0 Å². The van der Waals surface area contributed by atoms with Gasteiger partial charge in [-0.05, 0) is 11.4 Å². The number of carboxylic acid groups (broad SMARTS) is 1. The van der Waals surface area contributed by atoms with Gasteiger partial charge in [0.05, 0.1) is 10.8 Å². The molecule has 0 aliphatic carbocycles. The van der Waals surface area contributed by atoms with Crippen LogP contribution in [0.5, 0.6) is 0 Å². The van der Waals surface area contributed by atoms with Crippen LogP contribution in [0.3, 0.4) is 0 Å². The van der Waals surface area contributed by atoms with Crippen molar-refractivity contribution in [3.8, 4) is 10.6 Å². The summed E-state index contributed by atoms with van der Waals surface area (Å²) in [6, 6.07) is 5.35. The lowest BCUT2D eigenvalue weighted by molar-refractivity contribution is -0.146. The Kier molecular flexibility index (Phi) is 2.83. The molecule has 3 rings (SSSR count). The second-order valence-electron chi connectivity index (χ2n) is 4.30. The molecule has 7 heteroatoms. The first kappa shape index (κ1) is 11.9. The lowest BCUT2D eigenvalue weighted by Crippen LogP contribution is -2.53. The van der Waals surface area contributed by atoms with Gasteiger partial charge < -0.3 is 14.5 Å². The summed E-state index contributed by atoms with van der Waals surface area (Å²) in [5, 5.41) is 14.4. The Morgan fingerprint density at radius 1 is 1.47 bits per heavy atom. The molecular weight excluding hydrogens is 268 g/mol. The summed E-state index contributed by atoms with van der Waals surface area (Å²) in [4.78, 5) is 25.0. The summed E-state index contributed by atoms with van der Waals surface area (Å²) >= 11 is 1.50. The molecule has 2 aromatic rings. The molecule has 1 fully saturated rings. The molecule has 1 aliphatic rings. The van der Waals surface area contributed by atoms with Crippen LogP contribution in [-0.4, -0.2) is 40.1 Å². The average Bonchev–Trinajstić information content (AvgIpc) is 2.97. The molecule has 1 amide bonds. The predicted octanol–water partition coefficient (Wildman–Crippen LogP) is 1.56. The van der Waals surface area contributed by atoms with Crippen molar-refractivity contribution in [2.75, 3.05) is 13.1 Å². The number of carbonyl (C=O) groups is 2. The van der Waals surface area contributed by atoms with Crippen LogP contribution in [0.25, 0.3) is 10.6 Å². The molecule has 0 atom stereocenters. The lowest BCUT2D eigenvalue weighted by Gasteiger charge is -2.35. The quantitative estimate of drug-likeness (QED) is 0.921. The summed E-state index contributed by atoms with van der Waals surface area (Å²) in [6.45, 7) is 0.463. The van der Waals surface area contributed by atoms with Gasteiger partial charge in [0.1, 0.15) is 0 Å². The predicted molar refractivity (Wildman–Crippen MR) is 66.8 cm³/mol. The highest BCUT2D eigenvalue weighted by molar-refractivity contribution is 7.13. The van der Waals surface area contributed by atoms with E-state index in [9.17, 15) is 9.59 Å². The number of amides is 1. The van der Waals surface area contributed by atoms with Gasteiger partial charge in [0.25, 0.3) is 5.91 Å². The number of thiophene rings is 1. The number of likely N-dealkylation sites (tertiary alicyclic amines) is 1. The lowest BCUT2D eigenvalue weighted by atomic mass is 10.0. The molecule has 1 N–H and O–H groups in total. The minimum Gasteiger partial charge on any atom is -0.481 e. The van der Waals surface area contributed by atoms with E-state index in [2.05, 4.69) is 5.16 Å². The van der Waals surface area contributed by atoms with E-state index in [-0.39, 0.29) is 24.7 Å². The Balaban J connectivity index is 1.70. The Morgan fingerprint density at radius 2 is 2.26 bits per heavy atom. The molecule has 98 valence electrons. The van der Waals surface area contributed by atoms with Crippen molar-refractivity contribution in [1.82, 2.24) is 10.1 Å². The summed E-state index contributed by atoms with van der Waals surface area (Å²) in [7, 11) is 0. The molecule has 1 saturated heterocycles. The first-order valence-electron chi connectivity index (χ1n) is 5.68. The van der Waals surface area contributed by atoms with Gasteiger partial charge in [-0.3, -0.25) is 9.59 Å². The van der Waals surface area contributed by atoms with Gasteiger partial charge in [0.15, 0.2) is 11.5 Å². The number of carboxylic acids is 1. The molecule has 0 bridgehead atoms. The van der Waals surface area contributed by atoms with E-state index in [0.29, 0.717) is 5.76 Å². The van der Waals surface area contributed by atoms with E-state index in [1.54, 1.807) is 6.07 Å². The van der Waals surface area contributed by atoms with E-state index in [4.69, 9.17) is 9.63 Å². The molecule has 0 unspecified atom stereocenters. The minimum atomic E-state index is -0.872. The topological polar surface area (TPSA) is 83.6 Å². The average molecular weight is 278 g/mol. The van der Waals surface area contributed by atoms with Crippen molar-refractivity contribution in [2.24, 2.45) is 5.92 Å². The monoisotopic (exact) mass is 278 g/mol. The van der Waals surface area contributed by atoms with E-state index >= 15 is 0 Å². The number of aliphatic carboxylic acids is 1. The maximum atomic E-state index is 12.0. The zero-order chi connectivity index (χ0) is 13.4. The van der Waals surface area contributed by atoms with E-state index < -0.39 is 11.9 Å². The summed E-state index contributed by atoms with van der Waals surface area (Å²) < 4.78 is 5.12. The van der Waals surface area contributed by atoms with Gasteiger partial charge in [0.2, 0.25) is 0 Å². The number of aromatic nitrogens is 1. The number of carbonyl (C=O) groups excluding carboxylic acids is 1. The molecule has 0 aromatic carbocycles. The van der Waals surface area contributed by atoms with Crippen molar-refractivity contribution in [3.63, 3.8) is 0 Å². The summed E-state index contributed by atoms with van der Waals surface area (Å²) in [5.41, 5.74) is 0.215. The Hall–Kier alpha value is -2.15. The SMILES string of the molecule is O=C(O)C1CN(C(=O)c2cc(-c3cccs3)on2)C1. The Bertz CT molecular complexity index is 613. The van der Waals surface area contributed by atoms with Gasteiger partial charge in [-0.25, -0.2) is 0 Å². The number of hydrogen-bond donors (Lipinski definition) is 1. The fourth-order valence-electron chi connectivity index (χ4n) is 1.87. The molecule has 0 radical (unpaired) electrons. The second-order valence-corrected chi connectivity index (χ2v) is 5.25. The Morgan fingerprint density at radius 3 is 2.89 bits per heavy atom. The van der Waals surface area contributed by atoms with Crippen molar-refractivity contribution in [2.45, 2.75) is 0 Å². The number of hydrogen-bond acceptors (Lipinski definition) is 5. The van der Waals surface area contributed by atoms with Crippen molar-refractivity contribution in [3.05, 3.63) is 29.3 Å². The molecule has 2 aromatic heterocycles. The first-order valence-corrected chi connectivity index (χ1v) is 6.56. The third kappa shape index (κ3) is 2.12. The van der Waals surface area contributed by atoms with Gasteiger partial charge in [0, 0.05) is 19.2 Å². The standard InChI is InChI=1S/C12H10N2O4S/c15-11(14-5-7(6-14)12(16)17)8-4-9(18-13-8)10-2-1-3-19-10/h1-4,7H,5-6H2,(H,16,17). The highest BCUT2D eigenvalue weighted by Gasteiger charge is 2.37. The minimum absolute atomic E-state index is 0.215. The summed E-state index contributed by atoms with van der Waals surface area (Å²) in [5.74, 6) is -1.08. The van der Waals surface area contributed by atoms with E-state index in [0.717, 1.165) is 4.88 Å². The summed E-state index contributed by atoms with van der Waals surface area (Å²) in [6.07, 6.45) is 0. The zero-order valence-electron chi connectivity index (χ0n) is 9.78. The molecule has 1 aliphatic heterocycles. The zero-order valence-corrected chi connectivity index (χ0v) is 10.6. The largest absolute Gasteiger partial charge is 0.481 e. The second kappa shape index (κ2) is 4.51. The molecule has 0 saturated carbocycles. The van der Waals surface area contributed by atoms with Crippen LogP contribution < -0.4 is 0 Å². The smallest absolute Gasteiger partial charge is 0.310 e. The maximum absolute atomic E-state index is 12.0. The third-order valence-electron chi connectivity index (χ3n) is 3.01. The fraction of sp³-hybridized carbons (Fsp3) is 0.250. The van der Waals surface area contributed by atoms with Crippen LogP contribution in [0.2, 0.25) is 0 Å². The van der Waals surface area contributed by atoms with Gasteiger partial charge in [-0.1, -0.05) is 11.2 Å². The van der Waals surface area contributed by atoms with Crippen LogP contribution in [0, 0.1) is 5.92 Å². The van der Waals surface area contributed by atoms with E-state index in [1.807, 2.05) is 17.5 Å². The Labute approximate surface area is 112 Å². The molecular formula is C12H10N2O4S. The highest BCUT2D eigenvalue weighted by atomic mass is 32.1. The molecule has 6 nitrogen and oxygen atoms in total. The molecule has 19 heavy (non-hydrogen) atoms. The van der Waals surface area contributed by atoms with Gasteiger partial charge in [-0.15, -0.1) is 11.3 Å². The highest BCUT2D eigenvalue weighted by Crippen LogP contribution is 2.26. The van der Waals surface area contributed by atoms with Crippen LogP contribution in [0.15, 0.2) is 28.1 Å². The number of rotatable bonds is 3. The van der Waals surface area contributed by atoms with Crippen molar-refractivity contribution in [1.29, 1.82) is 0 Å². The van der Waals surface area contributed by atoms with Gasteiger partial charge >= 0.3 is 5.97 Å². The maximum Gasteiger partial charge on any atom is 0.310 e. The van der Waals surface area contributed by atoms with Gasteiger partial charge in [-0.2, -0.15) is 0 Å². The van der Waals surface area contributed by atoms with Crippen molar-refractivity contribution < 1.29 is 19.2 Å². The first-order chi connectivity index (χ1) is 9.15.